The summed E-state index contributed by atoms with van der Waals surface area (Å²) in [5.41, 5.74) is 4.53. The van der Waals surface area contributed by atoms with E-state index in [1.165, 1.54) is 17.3 Å². The molecular formula is C22H20ClN3OS. The van der Waals surface area contributed by atoms with Crippen molar-refractivity contribution in [2.45, 2.75) is 13.5 Å². The fourth-order valence-corrected chi connectivity index (χ4v) is 4.53. The van der Waals surface area contributed by atoms with Crippen LogP contribution >= 0.6 is 23.4 Å². The Bertz CT molecular complexity index is 1130. The van der Waals surface area contributed by atoms with E-state index in [1.807, 2.05) is 42.5 Å². The summed E-state index contributed by atoms with van der Waals surface area (Å²) in [5.74, 6) is -0.0143. The summed E-state index contributed by atoms with van der Waals surface area (Å²) >= 11 is 7.44. The van der Waals surface area contributed by atoms with Crippen molar-refractivity contribution in [1.82, 2.24) is 9.47 Å². The molecule has 1 aliphatic heterocycles. The first-order valence-corrected chi connectivity index (χ1v) is 10.2. The molecule has 1 amide bonds. The maximum Gasteiger partial charge on any atom is 0.266 e. The predicted octanol–water partition coefficient (Wildman–Crippen LogP) is 5.18. The number of likely N-dealkylation sites (N-methyl/N-ethyl adjacent to an activating group) is 1. The van der Waals surface area contributed by atoms with Gasteiger partial charge in [-0.25, -0.2) is 0 Å². The van der Waals surface area contributed by atoms with Crippen molar-refractivity contribution >= 4 is 51.4 Å². The molecule has 1 aliphatic rings. The molecule has 0 atom stereocenters. The van der Waals surface area contributed by atoms with Gasteiger partial charge in [-0.2, -0.15) is 0 Å². The molecule has 0 N–H and O–H groups in total. The number of nitrogens with zero attached hydrogens (tertiary/aromatic N) is 3. The van der Waals surface area contributed by atoms with Crippen LogP contribution in [0, 0.1) is 6.92 Å². The van der Waals surface area contributed by atoms with Crippen molar-refractivity contribution in [1.29, 1.82) is 0 Å². The maximum absolute atomic E-state index is 12.6. The van der Waals surface area contributed by atoms with Crippen LogP contribution in [0.2, 0.25) is 5.02 Å². The van der Waals surface area contributed by atoms with Gasteiger partial charge in [0.05, 0.1) is 4.91 Å². The van der Waals surface area contributed by atoms with Crippen LogP contribution in [-0.4, -0.2) is 34.6 Å². The van der Waals surface area contributed by atoms with Gasteiger partial charge in [-0.15, -0.1) is 0 Å². The molecule has 0 bridgehead atoms. The van der Waals surface area contributed by atoms with Crippen molar-refractivity contribution in [3.8, 4) is 0 Å². The van der Waals surface area contributed by atoms with Crippen molar-refractivity contribution < 1.29 is 4.79 Å². The number of rotatable bonds is 3. The molecule has 2 heterocycles. The fraction of sp³-hybridized carbons (Fsp3) is 0.182. The number of amidine groups is 1. The minimum Gasteiger partial charge on any atom is -0.340 e. The molecule has 0 aliphatic carbocycles. The predicted molar refractivity (Wildman–Crippen MR) is 119 cm³/mol. The van der Waals surface area contributed by atoms with Crippen molar-refractivity contribution in [3.63, 3.8) is 0 Å². The lowest BCUT2D eigenvalue weighted by Crippen LogP contribution is -2.23. The van der Waals surface area contributed by atoms with Crippen LogP contribution < -0.4 is 0 Å². The number of aliphatic imine (C=N–C) groups is 1. The topological polar surface area (TPSA) is 37.6 Å². The minimum atomic E-state index is -0.0143. The van der Waals surface area contributed by atoms with Gasteiger partial charge >= 0.3 is 0 Å². The van der Waals surface area contributed by atoms with E-state index >= 15 is 0 Å². The van der Waals surface area contributed by atoms with Gasteiger partial charge in [-0.3, -0.25) is 14.7 Å². The van der Waals surface area contributed by atoms with Crippen LogP contribution in [0.1, 0.15) is 16.8 Å². The number of hydrogen-bond donors (Lipinski definition) is 0. The quantitative estimate of drug-likeness (QED) is 0.558. The highest BCUT2D eigenvalue weighted by Crippen LogP contribution is 2.35. The number of amides is 1. The van der Waals surface area contributed by atoms with Gasteiger partial charge in [0, 0.05) is 47.8 Å². The molecular weight excluding hydrogens is 390 g/mol. The third-order valence-corrected chi connectivity index (χ3v) is 6.41. The van der Waals surface area contributed by atoms with Crippen LogP contribution in [0.3, 0.4) is 0 Å². The zero-order valence-electron chi connectivity index (χ0n) is 15.9. The second kappa shape index (κ2) is 7.49. The maximum atomic E-state index is 12.6. The average molecular weight is 410 g/mol. The molecule has 3 aromatic rings. The number of benzene rings is 2. The second-order valence-corrected chi connectivity index (χ2v) is 8.16. The molecule has 0 spiro atoms. The molecule has 4 rings (SSSR count). The lowest BCUT2D eigenvalue weighted by molar-refractivity contribution is -0.121. The van der Waals surface area contributed by atoms with Crippen molar-refractivity contribution in [3.05, 3.63) is 75.3 Å². The van der Waals surface area contributed by atoms with E-state index in [2.05, 4.69) is 28.6 Å². The number of halogens is 1. The largest absolute Gasteiger partial charge is 0.340 e. The molecule has 0 radical (unpaired) electrons. The first-order valence-electron chi connectivity index (χ1n) is 8.96. The highest BCUT2D eigenvalue weighted by atomic mass is 35.5. The Hall–Kier alpha value is -2.50. The first kappa shape index (κ1) is 18.8. The molecule has 2 aromatic carbocycles. The van der Waals surface area contributed by atoms with Gasteiger partial charge < -0.3 is 4.57 Å². The molecule has 1 aromatic heterocycles. The highest BCUT2D eigenvalue weighted by Gasteiger charge is 2.30. The molecule has 1 saturated heterocycles. The van der Waals surface area contributed by atoms with E-state index in [0.717, 1.165) is 38.9 Å². The van der Waals surface area contributed by atoms with Gasteiger partial charge in [0.15, 0.2) is 5.17 Å². The monoisotopic (exact) mass is 409 g/mol. The molecule has 28 heavy (non-hydrogen) atoms. The summed E-state index contributed by atoms with van der Waals surface area (Å²) in [6.07, 6.45) is 2.00. The van der Waals surface area contributed by atoms with Crippen LogP contribution in [0.25, 0.3) is 17.0 Å². The molecule has 1 fully saturated rings. The number of para-hydroxylation sites is 1. The van der Waals surface area contributed by atoms with Gasteiger partial charge in [-0.1, -0.05) is 41.9 Å². The molecule has 0 unspecified atom stereocenters. The third kappa shape index (κ3) is 3.25. The van der Waals surface area contributed by atoms with Gasteiger partial charge in [0.25, 0.3) is 5.91 Å². The Morgan fingerprint density at radius 1 is 1.14 bits per heavy atom. The van der Waals surface area contributed by atoms with E-state index in [0.29, 0.717) is 4.91 Å². The van der Waals surface area contributed by atoms with Gasteiger partial charge in [-0.05, 0) is 48.5 Å². The summed E-state index contributed by atoms with van der Waals surface area (Å²) in [7, 11) is 3.47. The lowest BCUT2D eigenvalue weighted by Gasteiger charge is -2.09. The standard InChI is InChI=1S/C22H20ClN3OS/c1-14-18(12-20-21(27)25(3)22(24-2)28-20)17-6-4-5-7-19(17)26(14)13-15-8-10-16(23)11-9-15/h4-12H,13H2,1-3H3/b20-12+,24-22?. The smallest absolute Gasteiger partial charge is 0.266 e. The van der Waals surface area contributed by atoms with Crippen LogP contribution in [0.5, 0.6) is 0 Å². The Morgan fingerprint density at radius 3 is 2.54 bits per heavy atom. The summed E-state index contributed by atoms with van der Waals surface area (Å²) in [6.45, 7) is 2.85. The number of fused-ring (bicyclic) bond motifs is 1. The van der Waals surface area contributed by atoms with E-state index in [1.54, 1.807) is 19.0 Å². The summed E-state index contributed by atoms with van der Waals surface area (Å²) in [4.78, 5) is 19.1. The normalized spacial score (nSPS) is 17.4. The van der Waals surface area contributed by atoms with Crippen molar-refractivity contribution in [2.24, 2.45) is 4.99 Å². The number of hydrogen-bond acceptors (Lipinski definition) is 3. The van der Waals surface area contributed by atoms with E-state index in [9.17, 15) is 4.79 Å². The summed E-state index contributed by atoms with van der Waals surface area (Å²) in [5, 5.41) is 2.59. The first-order chi connectivity index (χ1) is 13.5. The molecule has 4 nitrogen and oxygen atoms in total. The minimum absolute atomic E-state index is 0.0143. The van der Waals surface area contributed by atoms with Crippen molar-refractivity contribution in [2.75, 3.05) is 14.1 Å². The highest BCUT2D eigenvalue weighted by molar-refractivity contribution is 8.18. The van der Waals surface area contributed by atoms with Crippen LogP contribution in [-0.2, 0) is 11.3 Å². The zero-order chi connectivity index (χ0) is 19.8. The van der Waals surface area contributed by atoms with E-state index in [-0.39, 0.29) is 5.91 Å². The molecule has 6 heteroatoms. The summed E-state index contributed by atoms with van der Waals surface area (Å²) in [6, 6.07) is 16.2. The lowest BCUT2D eigenvalue weighted by atomic mass is 10.1. The Balaban J connectivity index is 1.82. The van der Waals surface area contributed by atoms with Crippen LogP contribution in [0.15, 0.2) is 58.4 Å². The summed E-state index contributed by atoms with van der Waals surface area (Å²) < 4.78 is 2.29. The number of thioether (sulfide) groups is 1. The Morgan fingerprint density at radius 2 is 1.86 bits per heavy atom. The second-order valence-electron chi connectivity index (χ2n) is 6.71. The SMILES string of the molecule is CN=C1S/C(=C/c2c(C)n(Cc3ccc(Cl)cc3)c3ccccc23)C(=O)N1C. The fourth-order valence-electron chi connectivity index (χ4n) is 3.50. The van der Waals surface area contributed by atoms with Crippen LogP contribution in [0.4, 0.5) is 0 Å². The van der Waals surface area contributed by atoms with Gasteiger partial charge in [0.2, 0.25) is 0 Å². The van der Waals surface area contributed by atoms with E-state index < -0.39 is 0 Å². The number of carbonyl (C=O) groups is 1. The Kier molecular flexibility index (Phi) is 5.04. The third-order valence-electron chi connectivity index (χ3n) is 5.00. The molecule has 0 saturated carbocycles. The number of carbonyl (C=O) groups excluding carboxylic acids is 1. The average Bonchev–Trinajstić information content (AvgIpc) is 3.13. The zero-order valence-corrected chi connectivity index (χ0v) is 17.5. The van der Waals surface area contributed by atoms with Gasteiger partial charge in [0.1, 0.15) is 0 Å². The van der Waals surface area contributed by atoms with E-state index in [4.69, 9.17) is 11.6 Å². The molecule has 142 valence electrons. The number of aromatic nitrogens is 1. The Labute approximate surface area is 173 Å².